The maximum absolute atomic E-state index is 6.10. The first-order valence-corrected chi connectivity index (χ1v) is 7.39. The summed E-state index contributed by atoms with van der Waals surface area (Å²) in [6, 6.07) is 0. The van der Waals surface area contributed by atoms with Crippen molar-refractivity contribution in [2.45, 2.75) is 78.4 Å². The van der Waals surface area contributed by atoms with Crippen molar-refractivity contribution < 1.29 is 4.74 Å². The standard InChI is InChI=1S/C15H31NO/c1-5-6-11-16-12-13(2)17-14-7-9-15(3,4)10-8-14/h13-14,16H,5-12H2,1-4H3. The van der Waals surface area contributed by atoms with Gasteiger partial charge in [-0.15, -0.1) is 0 Å². The minimum Gasteiger partial charge on any atom is -0.374 e. The normalized spacial score (nSPS) is 22.6. The molecule has 0 aliphatic heterocycles. The van der Waals surface area contributed by atoms with Crippen LogP contribution < -0.4 is 5.32 Å². The average Bonchev–Trinajstić information content (AvgIpc) is 2.28. The minimum atomic E-state index is 0.359. The summed E-state index contributed by atoms with van der Waals surface area (Å²) >= 11 is 0. The fraction of sp³-hybridized carbons (Fsp3) is 1.00. The molecule has 1 aliphatic rings. The number of hydrogen-bond donors (Lipinski definition) is 1. The van der Waals surface area contributed by atoms with Crippen LogP contribution in [0.1, 0.15) is 66.2 Å². The van der Waals surface area contributed by atoms with Gasteiger partial charge < -0.3 is 10.1 Å². The first kappa shape index (κ1) is 15.0. The van der Waals surface area contributed by atoms with Crippen molar-refractivity contribution in [3.05, 3.63) is 0 Å². The number of ether oxygens (including phenoxy) is 1. The molecule has 2 nitrogen and oxygen atoms in total. The lowest BCUT2D eigenvalue weighted by atomic mass is 9.76. The van der Waals surface area contributed by atoms with Gasteiger partial charge in [0.15, 0.2) is 0 Å². The zero-order valence-corrected chi connectivity index (χ0v) is 12.2. The van der Waals surface area contributed by atoms with Crippen LogP contribution in [-0.2, 0) is 4.74 Å². The van der Waals surface area contributed by atoms with E-state index < -0.39 is 0 Å². The van der Waals surface area contributed by atoms with Crippen LogP contribution in [0.2, 0.25) is 0 Å². The smallest absolute Gasteiger partial charge is 0.0675 e. The van der Waals surface area contributed by atoms with Gasteiger partial charge in [0.2, 0.25) is 0 Å². The van der Waals surface area contributed by atoms with E-state index in [1.807, 2.05) is 0 Å². The fourth-order valence-corrected chi connectivity index (χ4v) is 2.49. The van der Waals surface area contributed by atoms with E-state index in [4.69, 9.17) is 4.74 Å². The fourth-order valence-electron chi connectivity index (χ4n) is 2.49. The van der Waals surface area contributed by atoms with Gasteiger partial charge in [0.1, 0.15) is 0 Å². The zero-order valence-electron chi connectivity index (χ0n) is 12.2. The van der Waals surface area contributed by atoms with Crippen LogP contribution in [0.25, 0.3) is 0 Å². The lowest BCUT2D eigenvalue weighted by Crippen LogP contribution is -2.34. The highest BCUT2D eigenvalue weighted by atomic mass is 16.5. The second-order valence-electron chi connectivity index (χ2n) is 6.37. The Kier molecular flexibility index (Phi) is 6.50. The highest BCUT2D eigenvalue weighted by Crippen LogP contribution is 2.36. The topological polar surface area (TPSA) is 21.3 Å². The van der Waals surface area contributed by atoms with E-state index in [9.17, 15) is 0 Å². The van der Waals surface area contributed by atoms with E-state index >= 15 is 0 Å². The van der Waals surface area contributed by atoms with E-state index in [0.29, 0.717) is 17.6 Å². The van der Waals surface area contributed by atoms with E-state index in [1.54, 1.807) is 0 Å². The van der Waals surface area contributed by atoms with Crippen LogP contribution in [-0.4, -0.2) is 25.3 Å². The Balaban J connectivity index is 2.08. The van der Waals surface area contributed by atoms with Gasteiger partial charge in [0.25, 0.3) is 0 Å². The van der Waals surface area contributed by atoms with Crippen LogP contribution >= 0.6 is 0 Å². The van der Waals surface area contributed by atoms with Gasteiger partial charge in [0, 0.05) is 6.54 Å². The lowest BCUT2D eigenvalue weighted by Gasteiger charge is -2.35. The third-order valence-electron chi connectivity index (χ3n) is 3.85. The van der Waals surface area contributed by atoms with Gasteiger partial charge >= 0.3 is 0 Å². The van der Waals surface area contributed by atoms with Gasteiger partial charge in [-0.2, -0.15) is 0 Å². The Hall–Kier alpha value is -0.0800. The number of unbranched alkanes of at least 4 members (excludes halogenated alkanes) is 1. The Morgan fingerprint density at radius 2 is 1.94 bits per heavy atom. The van der Waals surface area contributed by atoms with Crippen LogP contribution in [0, 0.1) is 5.41 Å². The Bertz CT molecular complexity index is 193. The molecule has 1 aliphatic carbocycles. The predicted octanol–water partition coefficient (Wildman–Crippen LogP) is 3.75. The maximum atomic E-state index is 6.10. The molecule has 0 aromatic heterocycles. The summed E-state index contributed by atoms with van der Waals surface area (Å²) in [4.78, 5) is 0. The van der Waals surface area contributed by atoms with Gasteiger partial charge in [-0.25, -0.2) is 0 Å². The second-order valence-corrected chi connectivity index (χ2v) is 6.37. The molecule has 0 amide bonds. The zero-order chi connectivity index (χ0) is 12.7. The summed E-state index contributed by atoms with van der Waals surface area (Å²) in [7, 11) is 0. The molecule has 0 aromatic rings. The van der Waals surface area contributed by atoms with Gasteiger partial charge in [-0.1, -0.05) is 27.2 Å². The third kappa shape index (κ3) is 6.42. The van der Waals surface area contributed by atoms with Crippen molar-refractivity contribution in [1.82, 2.24) is 5.32 Å². The van der Waals surface area contributed by atoms with Crippen LogP contribution in [0.4, 0.5) is 0 Å². The summed E-state index contributed by atoms with van der Waals surface area (Å²) in [6.45, 7) is 11.3. The molecule has 1 unspecified atom stereocenters. The molecule has 102 valence electrons. The molecule has 1 atom stereocenters. The van der Waals surface area contributed by atoms with Crippen molar-refractivity contribution in [3.8, 4) is 0 Å². The molecule has 1 rings (SSSR count). The molecular formula is C15H31NO. The minimum absolute atomic E-state index is 0.359. The molecule has 17 heavy (non-hydrogen) atoms. The second kappa shape index (κ2) is 7.38. The monoisotopic (exact) mass is 241 g/mol. The number of nitrogens with one attached hydrogen (secondary N) is 1. The SMILES string of the molecule is CCCCNCC(C)OC1CCC(C)(C)CC1. The largest absolute Gasteiger partial charge is 0.374 e. The quantitative estimate of drug-likeness (QED) is 0.685. The summed E-state index contributed by atoms with van der Waals surface area (Å²) in [5.41, 5.74) is 0.544. The van der Waals surface area contributed by atoms with Crippen LogP contribution in [0.5, 0.6) is 0 Å². The lowest BCUT2D eigenvalue weighted by molar-refractivity contribution is -0.0364. The summed E-state index contributed by atoms with van der Waals surface area (Å²) < 4.78 is 6.10. The Morgan fingerprint density at radius 3 is 2.53 bits per heavy atom. The molecule has 0 saturated heterocycles. The summed E-state index contributed by atoms with van der Waals surface area (Å²) in [5.74, 6) is 0. The number of hydrogen-bond acceptors (Lipinski definition) is 2. The molecule has 1 fully saturated rings. The molecule has 0 aromatic carbocycles. The average molecular weight is 241 g/mol. The van der Waals surface area contributed by atoms with Crippen LogP contribution in [0.3, 0.4) is 0 Å². The molecule has 0 radical (unpaired) electrons. The Morgan fingerprint density at radius 1 is 1.29 bits per heavy atom. The summed E-state index contributed by atoms with van der Waals surface area (Å²) in [5, 5.41) is 3.47. The highest BCUT2D eigenvalue weighted by molar-refractivity contribution is 4.79. The molecule has 1 saturated carbocycles. The van der Waals surface area contributed by atoms with Crippen molar-refractivity contribution >= 4 is 0 Å². The molecular weight excluding hydrogens is 210 g/mol. The molecule has 0 spiro atoms. The highest BCUT2D eigenvalue weighted by Gasteiger charge is 2.27. The first-order valence-electron chi connectivity index (χ1n) is 7.39. The number of rotatable bonds is 7. The Labute approximate surface area is 108 Å². The van der Waals surface area contributed by atoms with Crippen molar-refractivity contribution in [3.63, 3.8) is 0 Å². The van der Waals surface area contributed by atoms with Crippen molar-refractivity contribution in [2.24, 2.45) is 5.41 Å². The van der Waals surface area contributed by atoms with Gasteiger partial charge in [-0.05, 0) is 51.0 Å². The molecule has 2 heteroatoms. The molecule has 1 N–H and O–H groups in total. The van der Waals surface area contributed by atoms with Gasteiger partial charge in [-0.3, -0.25) is 0 Å². The van der Waals surface area contributed by atoms with Crippen molar-refractivity contribution in [1.29, 1.82) is 0 Å². The van der Waals surface area contributed by atoms with E-state index in [1.165, 1.54) is 38.5 Å². The van der Waals surface area contributed by atoms with E-state index in [0.717, 1.165) is 13.1 Å². The van der Waals surface area contributed by atoms with Crippen LogP contribution in [0.15, 0.2) is 0 Å². The molecule has 0 heterocycles. The summed E-state index contributed by atoms with van der Waals surface area (Å²) in [6.07, 6.45) is 8.51. The first-order chi connectivity index (χ1) is 8.03. The maximum Gasteiger partial charge on any atom is 0.0675 e. The van der Waals surface area contributed by atoms with E-state index in [-0.39, 0.29) is 0 Å². The van der Waals surface area contributed by atoms with Crippen molar-refractivity contribution in [2.75, 3.05) is 13.1 Å². The van der Waals surface area contributed by atoms with E-state index in [2.05, 4.69) is 33.0 Å². The molecule has 0 bridgehead atoms. The van der Waals surface area contributed by atoms with Gasteiger partial charge in [0.05, 0.1) is 12.2 Å². The third-order valence-corrected chi connectivity index (χ3v) is 3.85. The predicted molar refractivity (Wildman–Crippen MR) is 74.4 cm³/mol.